The molecule has 1 aliphatic rings. The summed E-state index contributed by atoms with van der Waals surface area (Å²) in [6.45, 7) is 4.04. The molecular weight excluding hydrogens is 545 g/mol. The Hall–Kier alpha value is -2.29. The zero-order chi connectivity index (χ0) is 27.9. The number of aryl methyl sites for hydroxylation is 1. The molecule has 0 aliphatic heterocycles. The summed E-state index contributed by atoms with van der Waals surface area (Å²) in [4.78, 5) is 28.1. The number of nitrogens with one attached hydrogen (secondary N) is 1. The molecule has 0 bridgehead atoms. The van der Waals surface area contributed by atoms with E-state index in [4.69, 9.17) is 23.2 Å². The number of anilines is 1. The molecule has 7 nitrogen and oxygen atoms in total. The Balaban J connectivity index is 1.73. The minimum absolute atomic E-state index is 0.0747. The van der Waals surface area contributed by atoms with Gasteiger partial charge in [0.2, 0.25) is 21.8 Å². The number of carbonyl (C=O) groups is 2. The maximum absolute atomic E-state index is 13.5. The van der Waals surface area contributed by atoms with Crippen LogP contribution in [0.4, 0.5) is 5.69 Å². The smallest absolute Gasteiger partial charge is 0.242 e. The van der Waals surface area contributed by atoms with E-state index in [0.29, 0.717) is 27.7 Å². The Kier molecular flexibility index (Phi) is 10.9. The molecule has 0 unspecified atom stereocenters. The lowest BCUT2D eigenvalue weighted by molar-refractivity contribution is -0.140. The number of benzene rings is 2. The highest BCUT2D eigenvalue weighted by Gasteiger charge is 2.29. The minimum atomic E-state index is -3.54. The van der Waals surface area contributed by atoms with E-state index < -0.39 is 16.1 Å². The lowest BCUT2D eigenvalue weighted by Crippen LogP contribution is -2.49. The zero-order valence-corrected chi connectivity index (χ0v) is 24.6. The highest BCUT2D eigenvalue weighted by Crippen LogP contribution is 2.25. The van der Waals surface area contributed by atoms with Crippen LogP contribution in [0.2, 0.25) is 10.0 Å². The van der Waals surface area contributed by atoms with Crippen LogP contribution in [0.1, 0.15) is 63.5 Å². The molecular formula is C28H37Cl2N3O4S. The standard InChI is InChI=1S/C28H37Cl2N3O4S/c1-4-21-11-15-25(16-12-21)33(38(3,36)37)17-7-10-27(34)32(19-22-13-14-23(29)18-26(22)30)20(2)28(35)31-24-8-5-6-9-24/h11-16,18,20,24H,4-10,17,19H2,1-3H3,(H,31,35)/t20-/m1/s1. The van der Waals surface area contributed by atoms with E-state index in [1.165, 1.54) is 9.21 Å². The highest BCUT2D eigenvalue weighted by atomic mass is 35.5. The van der Waals surface area contributed by atoms with E-state index in [1.54, 1.807) is 37.3 Å². The number of sulfonamides is 1. The van der Waals surface area contributed by atoms with Crippen molar-refractivity contribution in [1.82, 2.24) is 10.2 Å². The maximum Gasteiger partial charge on any atom is 0.242 e. The van der Waals surface area contributed by atoms with Crippen LogP contribution < -0.4 is 9.62 Å². The number of rotatable bonds is 12. The SMILES string of the molecule is CCc1ccc(N(CCCC(=O)N(Cc2ccc(Cl)cc2Cl)[C@H](C)C(=O)NC2CCCC2)S(C)(=O)=O)cc1. The van der Waals surface area contributed by atoms with Crippen molar-refractivity contribution in [2.75, 3.05) is 17.1 Å². The van der Waals surface area contributed by atoms with Crippen LogP contribution in [0.15, 0.2) is 42.5 Å². The molecule has 0 aromatic heterocycles. The van der Waals surface area contributed by atoms with Gasteiger partial charge in [-0.25, -0.2) is 8.42 Å². The third-order valence-corrected chi connectivity index (χ3v) is 8.79. The molecule has 1 aliphatic carbocycles. The Labute approximate surface area is 236 Å². The molecule has 1 fully saturated rings. The third-order valence-electron chi connectivity index (χ3n) is 7.01. The number of hydrogen-bond donors (Lipinski definition) is 1. The fourth-order valence-electron chi connectivity index (χ4n) is 4.71. The van der Waals surface area contributed by atoms with E-state index >= 15 is 0 Å². The molecule has 0 saturated heterocycles. The van der Waals surface area contributed by atoms with Crippen molar-refractivity contribution in [3.8, 4) is 0 Å². The number of halogens is 2. The quantitative estimate of drug-likeness (QED) is 0.354. The molecule has 2 amide bonds. The first-order chi connectivity index (χ1) is 18.0. The topological polar surface area (TPSA) is 86.8 Å². The van der Waals surface area contributed by atoms with Crippen molar-refractivity contribution in [1.29, 1.82) is 0 Å². The second-order valence-corrected chi connectivity index (χ2v) is 12.6. The van der Waals surface area contributed by atoms with Gasteiger partial charge in [-0.3, -0.25) is 13.9 Å². The number of hydrogen-bond acceptors (Lipinski definition) is 4. The van der Waals surface area contributed by atoms with Crippen LogP contribution in [0.5, 0.6) is 0 Å². The van der Waals surface area contributed by atoms with Crippen molar-refractivity contribution >= 4 is 50.7 Å². The summed E-state index contributed by atoms with van der Waals surface area (Å²) in [5, 5.41) is 3.97. The molecule has 0 radical (unpaired) electrons. The Bertz CT molecular complexity index is 1220. The van der Waals surface area contributed by atoms with Gasteiger partial charge < -0.3 is 10.2 Å². The van der Waals surface area contributed by atoms with Crippen molar-refractivity contribution in [2.24, 2.45) is 0 Å². The summed E-state index contributed by atoms with van der Waals surface area (Å²) in [5.74, 6) is -0.455. The summed E-state index contributed by atoms with van der Waals surface area (Å²) in [7, 11) is -3.54. The van der Waals surface area contributed by atoms with Gasteiger partial charge in [0.05, 0.1) is 11.9 Å². The molecule has 2 aromatic carbocycles. The molecule has 0 spiro atoms. The first kappa shape index (κ1) is 30.3. The van der Waals surface area contributed by atoms with Crippen molar-refractivity contribution in [3.05, 3.63) is 63.6 Å². The minimum Gasteiger partial charge on any atom is -0.352 e. The van der Waals surface area contributed by atoms with E-state index in [1.807, 2.05) is 19.1 Å². The van der Waals surface area contributed by atoms with Crippen LogP contribution in [0.3, 0.4) is 0 Å². The van der Waals surface area contributed by atoms with Gasteiger partial charge in [-0.2, -0.15) is 0 Å². The monoisotopic (exact) mass is 581 g/mol. The summed E-state index contributed by atoms with van der Waals surface area (Å²) in [5.41, 5.74) is 2.35. The van der Waals surface area contributed by atoms with Crippen molar-refractivity contribution in [3.63, 3.8) is 0 Å². The van der Waals surface area contributed by atoms with Gasteiger partial charge in [0, 0.05) is 35.6 Å². The molecule has 208 valence electrons. The van der Waals surface area contributed by atoms with E-state index in [9.17, 15) is 18.0 Å². The predicted octanol–water partition coefficient (Wildman–Crippen LogP) is 5.58. The van der Waals surface area contributed by atoms with Gasteiger partial charge in [-0.05, 0) is 68.0 Å². The fourth-order valence-corrected chi connectivity index (χ4v) is 6.14. The highest BCUT2D eigenvalue weighted by molar-refractivity contribution is 7.92. The fraction of sp³-hybridized carbons (Fsp3) is 0.500. The lowest BCUT2D eigenvalue weighted by Gasteiger charge is -2.30. The summed E-state index contributed by atoms with van der Waals surface area (Å²) in [6.07, 6.45) is 6.43. The second-order valence-electron chi connectivity index (χ2n) is 9.88. The van der Waals surface area contributed by atoms with Crippen LogP contribution in [0.25, 0.3) is 0 Å². The molecule has 0 heterocycles. The van der Waals surface area contributed by atoms with E-state index in [0.717, 1.165) is 43.9 Å². The van der Waals surface area contributed by atoms with E-state index in [2.05, 4.69) is 5.32 Å². The zero-order valence-electron chi connectivity index (χ0n) is 22.3. The summed E-state index contributed by atoms with van der Waals surface area (Å²) < 4.78 is 26.3. The summed E-state index contributed by atoms with van der Waals surface area (Å²) >= 11 is 12.4. The number of amides is 2. The van der Waals surface area contributed by atoms with Gasteiger partial charge >= 0.3 is 0 Å². The largest absolute Gasteiger partial charge is 0.352 e. The Morgan fingerprint density at radius 2 is 1.74 bits per heavy atom. The van der Waals surface area contributed by atoms with Crippen LogP contribution in [0, 0.1) is 0 Å². The normalized spacial score (nSPS) is 14.8. The average molecular weight is 583 g/mol. The van der Waals surface area contributed by atoms with Crippen LogP contribution in [-0.2, 0) is 32.6 Å². The number of carbonyl (C=O) groups excluding carboxylic acids is 2. The molecule has 3 rings (SSSR count). The van der Waals surface area contributed by atoms with Gasteiger partial charge in [-0.15, -0.1) is 0 Å². The molecule has 1 saturated carbocycles. The van der Waals surface area contributed by atoms with Gasteiger partial charge in [-0.1, -0.05) is 61.2 Å². The maximum atomic E-state index is 13.5. The van der Waals surface area contributed by atoms with Gasteiger partial charge in [0.25, 0.3) is 0 Å². The van der Waals surface area contributed by atoms with Crippen LogP contribution >= 0.6 is 23.2 Å². The molecule has 1 N–H and O–H groups in total. The third kappa shape index (κ3) is 8.35. The van der Waals surface area contributed by atoms with Crippen molar-refractivity contribution < 1.29 is 18.0 Å². The first-order valence-electron chi connectivity index (χ1n) is 13.1. The molecule has 1 atom stereocenters. The number of nitrogens with zero attached hydrogens (tertiary/aromatic N) is 2. The predicted molar refractivity (Wildman–Crippen MR) is 154 cm³/mol. The summed E-state index contributed by atoms with van der Waals surface area (Å²) in [6, 6.07) is 11.8. The first-order valence-corrected chi connectivity index (χ1v) is 15.7. The lowest BCUT2D eigenvalue weighted by atomic mass is 10.1. The van der Waals surface area contributed by atoms with E-state index in [-0.39, 0.29) is 37.4 Å². The second kappa shape index (κ2) is 13.7. The Morgan fingerprint density at radius 3 is 2.32 bits per heavy atom. The Morgan fingerprint density at radius 1 is 1.08 bits per heavy atom. The van der Waals surface area contributed by atoms with Gasteiger partial charge in [0.1, 0.15) is 6.04 Å². The van der Waals surface area contributed by atoms with Crippen LogP contribution in [-0.4, -0.2) is 50.0 Å². The molecule has 10 heteroatoms. The average Bonchev–Trinajstić information content (AvgIpc) is 3.38. The van der Waals surface area contributed by atoms with Crippen molar-refractivity contribution in [2.45, 2.75) is 77.4 Å². The molecule has 2 aromatic rings. The molecule has 38 heavy (non-hydrogen) atoms. The van der Waals surface area contributed by atoms with Gasteiger partial charge in [0.15, 0.2) is 0 Å².